The summed E-state index contributed by atoms with van der Waals surface area (Å²) in [6, 6.07) is 23.4. The standard InChI is InChI=1S/C15H10N.C5H8O2.Pt/c1-2-6-12(7-3-1)15-11-10-13-8-4-5-9-14(13)16-15;1-4(6)3-5(2)7;/h1-6,8-11H;3,6H,1-2H3;/q-1;;/b;4-3-;. The zero-order chi connectivity index (χ0) is 16.7. The molecule has 0 aliphatic rings. The van der Waals surface area contributed by atoms with Crippen LogP contribution in [0, 0.1) is 6.07 Å². The van der Waals surface area contributed by atoms with E-state index >= 15 is 0 Å². The Hall–Kier alpha value is -2.25. The van der Waals surface area contributed by atoms with Gasteiger partial charge in [-0.1, -0.05) is 30.3 Å². The third kappa shape index (κ3) is 6.09. The van der Waals surface area contributed by atoms with Gasteiger partial charge in [-0.2, -0.15) is 0 Å². The number of carbonyl (C=O) groups excluding carboxylic acids is 1. The second-order valence-corrected chi connectivity index (χ2v) is 5.06. The van der Waals surface area contributed by atoms with Crippen LogP contribution in [-0.2, 0) is 25.9 Å². The minimum Gasteiger partial charge on any atom is -0.512 e. The van der Waals surface area contributed by atoms with Crippen molar-refractivity contribution < 1.29 is 31.0 Å². The number of benzene rings is 2. The Morgan fingerprint density at radius 1 is 1.04 bits per heavy atom. The normalized spacial score (nSPS) is 10.3. The third-order valence-electron chi connectivity index (χ3n) is 3.00. The van der Waals surface area contributed by atoms with Crippen LogP contribution in [0.1, 0.15) is 13.8 Å². The molecule has 4 heteroatoms. The fourth-order valence-electron chi connectivity index (χ4n) is 2.06. The summed E-state index contributed by atoms with van der Waals surface area (Å²) in [6.45, 7) is 2.85. The fraction of sp³-hybridized carbons (Fsp3) is 0.100. The van der Waals surface area contributed by atoms with E-state index in [9.17, 15) is 4.79 Å². The first-order valence-electron chi connectivity index (χ1n) is 7.27. The van der Waals surface area contributed by atoms with E-state index in [-0.39, 0.29) is 32.6 Å². The van der Waals surface area contributed by atoms with Crippen LogP contribution in [0.3, 0.4) is 0 Å². The van der Waals surface area contributed by atoms with E-state index < -0.39 is 0 Å². The Morgan fingerprint density at radius 3 is 2.33 bits per heavy atom. The molecule has 0 bridgehead atoms. The maximum atomic E-state index is 10.0. The predicted octanol–water partition coefficient (Wildman–Crippen LogP) is 4.74. The summed E-state index contributed by atoms with van der Waals surface area (Å²) in [6.07, 6.45) is 1.17. The molecule has 2 aromatic carbocycles. The number of rotatable bonds is 2. The molecule has 24 heavy (non-hydrogen) atoms. The number of aliphatic hydroxyl groups is 1. The van der Waals surface area contributed by atoms with Crippen molar-refractivity contribution in [3.8, 4) is 11.3 Å². The van der Waals surface area contributed by atoms with Crippen molar-refractivity contribution in [2.45, 2.75) is 13.8 Å². The van der Waals surface area contributed by atoms with Gasteiger partial charge in [0, 0.05) is 27.1 Å². The number of hydrogen-bond donors (Lipinski definition) is 1. The summed E-state index contributed by atoms with van der Waals surface area (Å²) in [5, 5.41) is 9.53. The Morgan fingerprint density at radius 2 is 1.75 bits per heavy atom. The third-order valence-corrected chi connectivity index (χ3v) is 3.00. The number of aliphatic hydroxyl groups excluding tert-OH is 1. The number of allylic oxidation sites excluding steroid dienone is 2. The number of pyridine rings is 1. The molecule has 0 saturated heterocycles. The van der Waals surface area contributed by atoms with E-state index in [2.05, 4.69) is 23.2 Å². The van der Waals surface area contributed by atoms with E-state index in [0.29, 0.717) is 0 Å². The molecule has 0 fully saturated rings. The molecule has 0 amide bonds. The van der Waals surface area contributed by atoms with E-state index in [1.165, 1.54) is 25.3 Å². The number of aromatic nitrogens is 1. The minimum atomic E-state index is -0.125. The topological polar surface area (TPSA) is 50.2 Å². The van der Waals surface area contributed by atoms with Crippen LogP contribution in [-0.4, -0.2) is 15.9 Å². The maximum Gasteiger partial charge on any atom is 0.155 e. The molecule has 0 unspecified atom stereocenters. The number of carbonyl (C=O) groups is 1. The van der Waals surface area contributed by atoms with Crippen molar-refractivity contribution in [3.63, 3.8) is 0 Å². The summed E-state index contributed by atoms with van der Waals surface area (Å²) < 4.78 is 0. The van der Waals surface area contributed by atoms with Gasteiger partial charge in [0.2, 0.25) is 0 Å². The molecular weight excluding hydrogens is 481 g/mol. The largest absolute Gasteiger partial charge is 0.512 e. The number of para-hydroxylation sites is 1. The molecule has 0 saturated carbocycles. The van der Waals surface area contributed by atoms with Gasteiger partial charge in [0.15, 0.2) is 5.78 Å². The summed E-state index contributed by atoms with van der Waals surface area (Å²) in [4.78, 5) is 14.6. The van der Waals surface area contributed by atoms with Gasteiger partial charge in [0.25, 0.3) is 0 Å². The van der Waals surface area contributed by atoms with Crippen molar-refractivity contribution in [2.75, 3.05) is 0 Å². The molecular formula is C20H18NO2Pt-. The van der Waals surface area contributed by atoms with Crippen molar-refractivity contribution in [1.82, 2.24) is 4.98 Å². The van der Waals surface area contributed by atoms with Gasteiger partial charge in [0.1, 0.15) is 0 Å². The summed E-state index contributed by atoms with van der Waals surface area (Å²) >= 11 is 0. The van der Waals surface area contributed by atoms with E-state index in [4.69, 9.17) is 5.11 Å². The van der Waals surface area contributed by atoms with Crippen molar-refractivity contribution >= 4 is 16.7 Å². The summed E-state index contributed by atoms with van der Waals surface area (Å²) in [5.74, 6) is -0.0625. The van der Waals surface area contributed by atoms with Gasteiger partial charge in [-0.25, -0.2) is 0 Å². The molecule has 0 aliphatic heterocycles. The predicted molar refractivity (Wildman–Crippen MR) is 93.1 cm³/mol. The Labute approximate surface area is 156 Å². The Balaban J connectivity index is 0.000000312. The molecule has 3 rings (SSSR count). The first-order valence-corrected chi connectivity index (χ1v) is 7.27. The number of ketones is 1. The smallest absolute Gasteiger partial charge is 0.155 e. The minimum absolute atomic E-state index is 0. The van der Waals surface area contributed by atoms with Crippen molar-refractivity contribution in [2.24, 2.45) is 0 Å². The molecule has 126 valence electrons. The second-order valence-electron chi connectivity index (χ2n) is 5.06. The van der Waals surface area contributed by atoms with Crippen LogP contribution in [0.2, 0.25) is 0 Å². The van der Waals surface area contributed by atoms with E-state index in [0.717, 1.165) is 16.8 Å². The van der Waals surface area contributed by atoms with Crippen LogP contribution in [0.15, 0.2) is 72.5 Å². The van der Waals surface area contributed by atoms with E-state index in [1.807, 2.05) is 48.5 Å². The molecule has 3 aromatic rings. The van der Waals surface area contributed by atoms with Crippen LogP contribution in [0.25, 0.3) is 22.2 Å². The molecule has 1 heterocycles. The molecule has 3 nitrogen and oxygen atoms in total. The van der Waals surface area contributed by atoms with Gasteiger partial charge in [-0.15, -0.1) is 35.9 Å². The zero-order valence-corrected chi connectivity index (χ0v) is 15.7. The van der Waals surface area contributed by atoms with Gasteiger partial charge < -0.3 is 5.11 Å². The second kappa shape index (κ2) is 9.79. The quantitative estimate of drug-likeness (QED) is 0.315. The maximum absolute atomic E-state index is 10.0. The van der Waals surface area contributed by atoms with E-state index in [1.54, 1.807) is 0 Å². The average Bonchev–Trinajstić information content (AvgIpc) is 2.54. The van der Waals surface area contributed by atoms with Gasteiger partial charge in [-0.05, 0) is 31.0 Å². The number of nitrogens with zero attached hydrogens (tertiary/aromatic N) is 1. The fourth-order valence-corrected chi connectivity index (χ4v) is 2.06. The van der Waals surface area contributed by atoms with Crippen LogP contribution < -0.4 is 0 Å². The Kier molecular flexibility index (Phi) is 8.08. The van der Waals surface area contributed by atoms with Gasteiger partial charge in [-0.3, -0.25) is 9.78 Å². The molecule has 0 radical (unpaired) electrons. The molecule has 0 spiro atoms. The first kappa shape index (κ1) is 19.8. The molecule has 1 N–H and O–H groups in total. The van der Waals surface area contributed by atoms with Crippen molar-refractivity contribution in [3.05, 3.63) is 78.6 Å². The summed E-state index contributed by atoms with van der Waals surface area (Å²) in [7, 11) is 0. The summed E-state index contributed by atoms with van der Waals surface area (Å²) in [5.41, 5.74) is 3.03. The van der Waals surface area contributed by atoms with Crippen LogP contribution in [0.4, 0.5) is 0 Å². The Bertz CT molecular complexity index is 825. The monoisotopic (exact) mass is 499 g/mol. The number of hydrogen-bond acceptors (Lipinski definition) is 3. The first-order chi connectivity index (χ1) is 11.1. The SMILES string of the molecule is CC(=O)/C=C(/C)O.[Pt].[c-]1ccccc1-c1ccc2ccccc2n1. The molecule has 1 aromatic heterocycles. The van der Waals surface area contributed by atoms with Gasteiger partial charge >= 0.3 is 0 Å². The zero-order valence-electron chi connectivity index (χ0n) is 13.5. The number of fused-ring (bicyclic) bond motifs is 1. The van der Waals surface area contributed by atoms with Crippen molar-refractivity contribution in [1.29, 1.82) is 0 Å². The average molecular weight is 499 g/mol. The molecule has 0 atom stereocenters. The van der Waals surface area contributed by atoms with Gasteiger partial charge in [0.05, 0.1) is 11.3 Å². The molecule has 0 aliphatic carbocycles. The van der Waals surface area contributed by atoms with Crippen LogP contribution in [0.5, 0.6) is 0 Å². The van der Waals surface area contributed by atoms with Crippen LogP contribution >= 0.6 is 0 Å².